The Morgan fingerprint density at radius 3 is 3.00 bits per heavy atom. The molecule has 0 aromatic carbocycles. The molecule has 0 bridgehead atoms. The van der Waals surface area contributed by atoms with Crippen molar-refractivity contribution in [3.05, 3.63) is 39.1 Å². The van der Waals surface area contributed by atoms with Crippen LogP contribution in [0.2, 0.25) is 0 Å². The zero-order valence-electron chi connectivity index (χ0n) is 9.95. The van der Waals surface area contributed by atoms with Crippen LogP contribution in [0.15, 0.2) is 11.0 Å². The van der Waals surface area contributed by atoms with Crippen molar-refractivity contribution in [1.82, 2.24) is 19.7 Å². The zero-order valence-corrected chi connectivity index (χ0v) is 9.95. The van der Waals surface area contributed by atoms with Gasteiger partial charge in [-0.1, -0.05) is 0 Å². The van der Waals surface area contributed by atoms with Crippen molar-refractivity contribution < 1.29 is 0 Å². The van der Waals surface area contributed by atoms with Crippen molar-refractivity contribution in [2.75, 3.05) is 6.54 Å². The van der Waals surface area contributed by atoms with Crippen LogP contribution in [0.25, 0.3) is 5.78 Å². The van der Waals surface area contributed by atoms with Crippen LogP contribution in [0.1, 0.15) is 22.5 Å². The van der Waals surface area contributed by atoms with E-state index in [0.717, 1.165) is 35.5 Å². The predicted octanol–water partition coefficient (Wildman–Crippen LogP) is 0.352. The molecule has 0 radical (unpaired) electrons. The molecule has 1 N–H and O–H groups in total. The fraction of sp³-hybridized carbons (Fsp3) is 0.417. The van der Waals surface area contributed by atoms with Gasteiger partial charge in [0.1, 0.15) is 0 Å². The first-order valence-electron chi connectivity index (χ1n) is 5.76. The number of fused-ring (bicyclic) bond motifs is 2. The molecule has 5 heteroatoms. The first-order valence-corrected chi connectivity index (χ1v) is 5.76. The number of rotatable bonds is 0. The molecule has 17 heavy (non-hydrogen) atoms. The third kappa shape index (κ3) is 1.54. The molecular weight excluding hydrogens is 216 g/mol. The van der Waals surface area contributed by atoms with Crippen LogP contribution in [0.4, 0.5) is 0 Å². The van der Waals surface area contributed by atoms with E-state index in [1.807, 2.05) is 20.0 Å². The molecule has 0 atom stereocenters. The maximum Gasteiger partial charge on any atom is 0.263 e. The van der Waals surface area contributed by atoms with E-state index >= 15 is 0 Å². The lowest BCUT2D eigenvalue weighted by atomic mass is 10.1. The van der Waals surface area contributed by atoms with Crippen LogP contribution in [-0.4, -0.2) is 20.9 Å². The topological polar surface area (TPSA) is 59.3 Å². The maximum absolute atomic E-state index is 12.3. The van der Waals surface area contributed by atoms with Crippen molar-refractivity contribution in [1.29, 1.82) is 0 Å². The van der Waals surface area contributed by atoms with Crippen LogP contribution < -0.4 is 10.9 Å². The first kappa shape index (κ1) is 10.4. The predicted molar refractivity (Wildman–Crippen MR) is 64.1 cm³/mol. The summed E-state index contributed by atoms with van der Waals surface area (Å²) in [6.45, 7) is 5.37. The molecule has 0 amide bonds. The number of aromatic nitrogens is 3. The van der Waals surface area contributed by atoms with Gasteiger partial charge in [-0.15, -0.1) is 0 Å². The van der Waals surface area contributed by atoms with Gasteiger partial charge in [-0.3, -0.25) is 9.20 Å². The van der Waals surface area contributed by atoms with Gasteiger partial charge in [-0.05, 0) is 19.4 Å². The summed E-state index contributed by atoms with van der Waals surface area (Å²) in [5.41, 5.74) is 3.60. The van der Waals surface area contributed by atoms with Gasteiger partial charge in [0.2, 0.25) is 5.78 Å². The minimum atomic E-state index is 0.00722. The lowest BCUT2D eigenvalue weighted by molar-refractivity contribution is 0.618. The second-order valence-electron chi connectivity index (χ2n) is 4.45. The molecule has 1 aliphatic rings. The van der Waals surface area contributed by atoms with Crippen LogP contribution in [0, 0.1) is 13.8 Å². The standard InChI is InChI=1S/C12H14N4O/c1-7-6-16-11(17)9-5-13-4-3-10(9)15-12(16)14-8(7)2/h6,13H,3-5H2,1-2H3. The summed E-state index contributed by atoms with van der Waals surface area (Å²) >= 11 is 0. The number of aryl methyl sites for hydroxylation is 2. The molecule has 2 aromatic heterocycles. The highest BCUT2D eigenvalue weighted by Crippen LogP contribution is 2.10. The van der Waals surface area contributed by atoms with Crippen LogP contribution in [0.5, 0.6) is 0 Å². The molecule has 0 saturated heterocycles. The van der Waals surface area contributed by atoms with Gasteiger partial charge in [0.05, 0.1) is 11.3 Å². The number of nitrogens with zero attached hydrogens (tertiary/aromatic N) is 3. The number of nitrogens with one attached hydrogen (secondary N) is 1. The summed E-state index contributed by atoms with van der Waals surface area (Å²) in [4.78, 5) is 21.1. The van der Waals surface area contributed by atoms with E-state index in [0.29, 0.717) is 12.3 Å². The van der Waals surface area contributed by atoms with Crippen molar-refractivity contribution >= 4 is 5.78 Å². The van der Waals surface area contributed by atoms with Gasteiger partial charge in [-0.2, -0.15) is 0 Å². The van der Waals surface area contributed by atoms with E-state index in [2.05, 4.69) is 15.3 Å². The third-order valence-electron chi connectivity index (χ3n) is 3.28. The van der Waals surface area contributed by atoms with E-state index in [1.165, 1.54) is 0 Å². The molecule has 5 nitrogen and oxygen atoms in total. The molecule has 1 aliphatic heterocycles. The van der Waals surface area contributed by atoms with E-state index in [1.54, 1.807) is 4.40 Å². The van der Waals surface area contributed by atoms with E-state index in [-0.39, 0.29) is 5.56 Å². The fourth-order valence-electron chi connectivity index (χ4n) is 2.13. The molecule has 0 spiro atoms. The summed E-state index contributed by atoms with van der Waals surface area (Å²) in [6, 6.07) is 0. The Kier molecular flexibility index (Phi) is 2.22. The Balaban J connectivity index is 2.40. The molecule has 0 saturated carbocycles. The highest BCUT2D eigenvalue weighted by Gasteiger charge is 2.16. The molecule has 88 valence electrons. The number of hydrogen-bond acceptors (Lipinski definition) is 4. The van der Waals surface area contributed by atoms with Crippen LogP contribution in [-0.2, 0) is 13.0 Å². The minimum absolute atomic E-state index is 0.00722. The smallest absolute Gasteiger partial charge is 0.263 e. The Labute approximate surface area is 98.5 Å². The van der Waals surface area contributed by atoms with E-state index in [9.17, 15) is 4.79 Å². The third-order valence-corrected chi connectivity index (χ3v) is 3.28. The van der Waals surface area contributed by atoms with Crippen LogP contribution in [0.3, 0.4) is 0 Å². The minimum Gasteiger partial charge on any atom is -0.312 e. The Hall–Kier alpha value is -1.75. The summed E-state index contributed by atoms with van der Waals surface area (Å²) in [5, 5.41) is 3.20. The van der Waals surface area contributed by atoms with Gasteiger partial charge in [0.15, 0.2) is 0 Å². The second-order valence-corrected chi connectivity index (χ2v) is 4.45. The Bertz CT molecular complexity index is 660. The molecule has 0 aliphatic carbocycles. The maximum atomic E-state index is 12.3. The largest absolute Gasteiger partial charge is 0.312 e. The SMILES string of the molecule is Cc1cn2c(=O)c3c(nc2nc1C)CCNC3. The average Bonchev–Trinajstić information content (AvgIpc) is 2.32. The first-order chi connectivity index (χ1) is 8.16. The number of hydrogen-bond donors (Lipinski definition) is 1. The van der Waals surface area contributed by atoms with Gasteiger partial charge in [-0.25, -0.2) is 9.97 Å². The lowest BCUT2D eigenvalue weighted by Crippen LogP contribution is -2.33. The zero-order chi connectivity index (χ0) is 12.0. The van der Waals surface area contributed by atoms with Crippen molar-refractivity contribution in [3.8, 4) is 0 Å². The molecule has 3 rings (SSSR count). The van der Waals surface area contributed by atoms with Gasteiger partial charge < -0.3 is 5.32 Å². The van der Waals surface area contributed by atoms with Crippen LogP contribution >= 0.6 is 0 Å². The van der Waals surface area contributed by atoms with Crippen molar-refractivity contribution in [3.63, 3.8) is 0 Å². The van der Waals surface area contributed by atoms with Gasteiger partial charge >= 0.3 is 0 Å². The van der Waals surface area contributed by atoms with E-state index in [4.69, 9.17) is 0 Å². The fourth-order valence-corrected chi connectivity index (χ4v) is 2.13. The second kappa shape index (κ2) is 3.63. The van der Waals surface area contributed by atoms with Crippen molar-refractivity contribution in [2.24, 2.45) is 0 Å². The molecule has 3 heterocycles. The molecular formula is C12H14N4O. The summed E-state index contributed by atoms with van der Waals surface area (Å²) in [7, 11) is 0. The summed E-state index contributed by atoms with van der Waals surface area (Å²) in [6.07, 6.45) is 2.62. The monoisotopic (exact) mass is 230 g/mol. The summed E-state index contributed by atoms with van der Waals surface area (Å²) in [5.74, 6) is 0.513. The normalized spacial score (nSPS) is 14.9. The van der Waals surface area contributed by atoms with Crippen molar-refractivity contribution in [2.45, 2.75) is 26.8 Å². The summed E-state index contributed by atoms with van der Waals surface area (Å²) < 4.78 is 1.55. The Morgan fingerprint density at radius 1 is 1.35 bits per heavy atom. The molecule has 0 unspecified atom stereocenters. The Morgan fingerprint density at radius 2 is 2.18 bits per heavy atom. The highest BCUT2D eigenvalue weighted by molar-refractivity contribution is 5.37. The lowest BCUT2D eigenvalue weighted by Gasteiger charge is -2.16. The van der Waals surface area contributed by atoms with Gasteiger partial charge in [0.25, 0.3) is 5.56 Å². The van der Waals surface area contributed by atoms with E-state index < -0.39 is 0 Å². The molecule has 2 aromatic rings. The average molecular weight is 230 g/mol. The van der Waals surface area contributed by atoms with Gasteiger partial charge in [0, 0.05) is 31.4 Å². The quantitative estimate of drug-likeness (QED) is 0.709. The highest BCUT2D eigenvalue weighted by atomic mass is 16.1. The molecule has 0 fully saturated rings.